The first-order valence-corrected chi connectivity index (χ1v) is 8.51. The number of rotatable bonds is 5. The van der Waals surface area contributed by atoms with Gasteiger partial charge < -0.3 is 10.3 Å². The van der Waals surface area contributed by atoms with Crippen molar-refractivity contribution in [3.63, 3.8) is 0 Å². The number of aromatic nitrogens is 4. The van der Waals surface area contributed by atoms with Crippen LogP contribution in [0.1, 0.15) is 18.2 Å². The topological polar surface area (TPSA) is 58.0 Å². The summed E-state index contributed by atoms with van der Waals surface area (Å²) in [6, 6.07) is 12.3. The van der Waals surface area contributed by atoms with Gasteiger partial charge in [0.25, 0.3) is 0 Å². The van der Waals surface area contributed by atoms with Crippen molar-refractivity contribution in [2.45, 2.75) is 13.3 Å². The monoisotopic (exact) mass is 351 g/mol. The van der Waals surface area contributed by atoms with E-state index in [0.29, 0.717) is 0 Å². The summed E-state index contributed by atoms with van der Waals surface area (Å²) in [5.41, 5.74) is 5.18. The minimum Gasteiger partial charge on any atom is -0.368 e. The van der Waals surface area contributed by atoms with Gasteiger partial charge in [-0.25, -0.2) is 4.52 Å². The van der Waals surface area contributed by atoms with Crippen LogP contribution in [0.15, 0.2) is 49.2 Å². The molecule has 0 radical (unpaired) electrons. The van der Waals surface area contributed by atoms with Crippen LogP contribution < -0.4 is 5.32 Å². The number of aromatic amines is 1. The van der Waals surface area contributed by atoms with E-state index < -0.39 is 0 Å². The van der Waals surface area contributed by atoms with E-state index in [9.17, 15) is 0 Å². The Hall–Kier alpha value is -2.79. The van der Waals surface area contributed by atoms with Gasteiger partial charge in [-0.1, -0.05) is 24.8 Å². The maximum atomic E-state index is 6.10. The van der Waals surface area contributed by atoms with Gasteiger partial charge in [-0.05, 0) is 54.3 Å². The molecule has 0 unspecified atom stereocenters. The number of allylic oxidation sites excluding steroid dienone is 1. The Morgan fingerprint density at radius 3 is 2.96 bits per heavy atom. The molecule has 0 saturated heterocycles. The number of nitrogens with one attached hydrogen (secondary N) is 2. The highest BCUT2D eigenvalue weighted by Crippen LogP contribution is 2.23. The summed E-state index contributed by atoms with van der Waals surface area (Å²) in [7, 11) is 0. The largest absolute Gasteiger partial charge is 0.368 e. The van der Waals surface area contributed by atoms with Gasteiger partial charge in [0.15, 0.2) is 5.82 Å². The predicted octanol–water partition coefficient (Wildman–Crippen LogP) is 4.55. The number of halogens is 1. The van der Waals surface area contributed by atoms with Crippen LogP contribution in [0.3, 0.4) is 0 Å². The van der Waals surface area contributed by atoms with Crippen molar-refractivity contribution in [2.24, 2.45) is 0 Å². The second kappa shape index (κ2) is 6.26. The fourth-order valence-corrected chi connectivity index (χ4v) is 3.24. The summed E-state index contributed by atoms with van der Waals surface area (Å²) in [6.45, 7) is 6.68. The lowest BCUT2D eigenvalue weighted by Crippen LogP contribution is -2.09. The second-order valence-corrected chi connectivity index (χ2v) is 6.40. The van der Waals surface area contributed by atoms with Crippen LogP contribution in [-0.4, -0.2) is 26.1 Å². The quantitative estimate of drug-likeness (QED) is 0.554. The van der Waals surface area contributed by atoms with Gasteiger partial charge in [-0.3, -0.25) is 0 Å². The number of benzene rings is 1. The highest BCUT2D eigenvalue weighted by molar-refractivity contribution is 6.28. The molecule has 0 bridgehead atoms. The maximum absolute atomic E-state index is 6.10. The molecule has 25 heavy (non-hydrogen) atoms. The van der Waals surface area contributed by atoms with Crippen molar-refractivity contribution < 1.29 is 0 Å². The third-order valence-corrected chi connectivity index (χ3v) is 4.44. The number of fused-ring (bicyclic) bond motifs is 2. The number of anilines is 1. The summed E-state index contributed by atoms with van der Waals surface area (Å²) in [5, 5.41) is 9.13. The zero-order valence-corrected chi connectivity index (χ0v) is 14.6. The number of hydrogen-bond donors (Lipinski definition) is 2. The minimum atomic E-state index is 0.209. The third-order valence-electron chi connectivity index (χ3n) is 4.28. The van der Waals surface area contributed by atoms with Crippen LogP contribution in [0, 0.1) is 0 Å². The van der Waals surface area contributed by atoms with Crippen LogP contribution in [0.4, 0.5) is 5.82 Å². The molecule has 126 valence electrons. The number of para-hydroxylation sites is 1. The van der Waals surface area contributed by atoms with Gasteiger partial charge in [0.1, 0.15) is 5.52 Å². The first-order valence-electron chi connectivity index (χ1n) is 8.13. The zero-order valence-electron chi connectivity index (χ0n) is 13.9. The molecule has 4 aromatic rings. The van der Waals surface area contributed by atoms with E-state index in [4.69, 9.17) is 11.6 Å². The molecule has 6 heteroatoms. The van der Waals surface area contributed by atoms with Crippen molar-refractivity contribution in [2.75, 3.05) is 11.9 Å². The summed E-state index contributed by atoms with van der Waals surface area (Å²) in [5.74, 6) is 0.729. The molecule has 0 aliphatic heterocycles. The Morgan fingerprint density at radius 1 is 1.28 bits per heavy atom. The summed E-state index contributed by atoms with van der Waals surface area (Å²) in [4.78, 5) is 7.64. The fraction of sp³-hybridized carbons (Fsp3) is 0.158. The first kappa shape index (κ1) is 15.7. The molecule has 0 aliphatic carbocycles. The molecule has 0 aliphatic rings. The van der Waals surface area contributed by atoms with Gasteiger partial charge in [0.2, 0.25) is 5.28 Å². The number of H-pyrrole nitrogens is 1. The molecule has 3 aromatic heterocycles. The SMILES string of the molecule is C=C(C)c1ccc2c(NCCc3c[nH]c4ccccc34)nc(Cl)nn12. The Bertz CT molecular complexity index is 1080. The Labute approximate surface area is 150 Å². The Morgan fingerprint density at radius 2 is 2.12 bits per heavy atom. The lowest BCUT2D eigenvalue weighted by atomic mass is 10.1. The standard InChI is InChI=1S/C19H18ClN5/c1-12(2)16-7-8-17-18(23-19(20)24-25(16)17)21-10-9-13-11-22-15-6-4-3-5-14(13)15/h3-8,11,22H,1,9-10H2,2H3,(H,21,23,24). The van der Waals surface area contributed by atoms with Crippen molar-refractivity contribution >= 4 is 39.4 Å². The van der Waals surface area contributed by atoms with Crippen LogP contribution in [0.5, 0.6) is 0 Å². The average molecular weight is 352 g/mol. The molecular formula is C19H18ClN5. The summed E-state index contributed by atoms with van der Waals surface area (Å²) in [6.07, 6.45) is 2.94. The highest BCUT2D eigenvalue weighted by Gasteiger charge is 2.11. The Balaban J connectivity index is 1.58. The van der Waals surface area contributed by atoms with E-state index in [2.05, 4.69) is 51.4 Å². The normalized spacial score (nSPS) is 11.3. The van der Waals surface area contributed by atoms with E-state index in [1.54, 1.807) is 4.52 Å². The van der Waals surface area contributed by atoms with Crippen molar-refractivity contribution in [1.29, 1.82) is 0 Å². The average Bonchev–Trinajstić information content (AvgIpc) is 3.19. The van der Waals surface area contributed by atoms with E-state index in [0.717, 1.165) is 41.1 Å². The molecule has 0 saturated carbocycles. The molecule has 2 N–H and O–H groups in total. The van der Waals surface area contributed by atoms with Gasteiger partial charge in [0.05, 0.1) is 5.69 Å². The molecular weight excluding hydrogens is 334 g/mol. The molecule has 1 aromatic carbocycles. The van der Waals surface area contributed by atoms with Crippen LogP contribution in [-0.2, 0) is 6.42 Å². The van der Waals surface area contributed by atoms with E-state index in [1.807, 2.05) is 25.1 Å². The van der Waals surface area contributed by atoms with Gasteiger partial charge in [0, 0.05) is 23.6 Å². The lowest BCUT2D eigenvalue weighted by Gasteiger charge is -2.09. The number of hydrogen-bond acceptors (Lipinski definition) is 3. The van der Waals surface area contributed by atoms with Crippen molar-refractivity contribution in [1.82, 2.24) is 19.6 Å². The van der Waals surface area contributed by atoms with E-state index in [1.165, 1.54) is 10.9 Å². The zero-order chi connectivity index (χ0) is 17.4. The Kier molecular flexibility index (Phi) is 3.93. The molecule has 5 nitrogen and oxygen atoms in total. The van der Waals surface area contributed by atoms with E-state index >= 15 is 0 Å². The summed E-state index contributed by atoms with van der Waals surface area (Å²) >= 11 is 6.10. The van der Waals surface area contributed by atoms with Crippen LogP contribution in [0.2, 0.25) is 5.28 Å². The minimum absolute atomic E-state index is 0.209. The summed E-state index contributed by atoms with van der Waals surface area (Å²) < 4.78 is 1.78. The van der Waals surface area contributed by atoms with Crippen molar-refractivity contribution in [3.05, 3.63) is 65.7 Å². The van der Waals surface area contributed by atoms with Crippen LogP contribution in [0.25, 0.3) is 22.0 Å². The molecule has 0 amide bonds. The van der Waals surface area contributed by atoms with Gasteiger partial charge in [-0.15, -0.1) is 5.10 Å². The van der Waals surface area contributed by atoms with Crippen molar-refractivity contribution in [3.8, 4) is 0 Å². The van der Waals surface area contributed by atoms with E-state index in [-0.39, 0.29) is 5.28 Å². The van der Waals surface area contributed by atoms with Crippen LogP contribution >= 0.6 is 11.6 Å². The molecule has 0 spiro atoms. The van der Waals surface area contributed by atoms with Gasteiger partial charge >= 0.3 is 0 Å². The second-order valence-electron chi connectivity index (χ2n) is 6.06. The predicted molar refractivity (Wildman–Crippen MR) is 103 cm³/mol. The molecule has 4 rings (SSSR count). The molecule has 0 fully saturated rings. The lowest BCUT2D eigenvalue weighted by molar-refractivity contribution is 0.886. The number of nitrogens with zero attached hydrogens (tertiary/aromatic N) is 3. The first-order chi connectivity index (χ1) is 12.1. The fourth-order valence-electron chi connectivity index (χ4n) is 3.08. The third kappa shape index (κ3) is 2.87. The highest BCUT2D eigenvalue weighted by atomic mass is 35.5. The smallest absolute Gasteiger partial charge is 0.243 e. The molecule has 3 heterocycles. The van der Waals surface area contributed by atoms with Gasteiger partial charge in [-0.2, -0.15) is 4.98 Å². The maximum Gasteiger partial charge on any atom is 0.243 e. The molecule has 0 atom stereocenters.